The maximum atomic E-state index is 11.3. The lowest BCUT2D eigenvalue weighted by Crippen LogP contribution is -2.21. The highest BCUT2D eigenvalue weighted by Gasteiger charge is 2.11. The van der Waals surface area contributed by atoms with Gasteiger partial charge in [0.05, 0.1) is 7.11 Å². The Bertz CT molecular complexity index is 571. The molecule has 1 aromatic heterocycles. The molecule has 0 aliphatic rings. The Labute approximate surface area is 121 Å². The molecule has 0 spiro atoms. The van der Waals surface area contributed by atoms with Gasteiger partial charge in [-0.2, -0.15) is 0 Å². The van der Waals surface area contributed by atoms with Crippen LogP contribution in [0.5, 0.6) is 0 Å². The van der Waals surface area contributed by atoms with Crippen molar-refractivity contribution in [2.75, 3.05) is 12.9 Å². The van der Waals surface area contributed by atoms with Gasteiger partial charge in [-0.25, -0.2) is 5.48 Å². The number of benzene rings is 1. The first-order chi connectivity index (χ1) is 9.72. The number of hydrogen-bond donors (Lipinski definition) is 1. The molecule has 1 aromatic carbocycles. The minimum atomic E-state index is -0.148. The summed E-state index contributed by atoms with van der Waals surface area (Å²) in [6, 6.07) is 9.87. The lowest BCUT2D eigenvalue weighted by atomic mass is 10.2. The summed E-state index contributed by atoms with van der Waals surface area (Å²) in [5, 5.41) is 9.12. The van der Waals surface area contributed by atoms with Gasteiger partial charge in [0.25, 0.3) is 0 Å². The van der Waals surface area contributed by atoms with E-state index >= 15 is 0 Å². The summed E-state index contributed by atoms with van der Waals surface area (Å²) in [5.74, 6) is 1.29. The molecule has 2 rings (SSSR count). The van der Waals surface area contributed by atoms with E-state index in [1.165, 1.54) is 18.9 Å². The Kier molecular flexibility index (Phi) is 5.14. The van der Waals surface area contributed by atoms with Crippen molar-refractivity contribution in [2.45, 2.75) is 11.6 Å². The van der Waals surface area contributed by atoms with E-state index in [-0.39, 0.29) is 5.91 Å². The summed E-state index contributed by atoms with van der Waals surface area (Å²) >= 11 is 1.49. The van der Waals surface area contributed by atoms with Gasteiger partial charge >= 0.3 is 0 Å². The average Bonchev–Trinajstić information content (AvgIpc) is 2.82. The number of nitrogens with zero attached hydrogens (tertiary/aromatic N) is 3. The van der Waals surface area contributed by atoms with Crippen LogP contribution in [0, 0.1) is 0 Å². The second-order valence-electron chi connectivity index (χ2n) is 4.06. The predicted octanol–water partition coefficient (Wildman–Crippen LogP) is 1.64. The Morgan fingerprint density at radius 3 is 2.80 bits per heavy atom. The van der Waals surface area contributed by atoms with Gasteiger partial charge < -0.3 is 4.57 Å². The third-order valence-corrected chi connectivity index (χ3v) is 3.67. The van der Waals surface area contributed by atoms with Crippen molar-refractivity contribution >= 4 is 17.7 Å². The van der Waals surface area contributed by atoms with E-state index < -0.39 is 0 Å². The van der Waals surface area contributed by atoms with E-state index in [1.807, 2.05) is 41.9 Å². The van der Waals surface area contributed by atoms with Crippen molar-refractivity contribution < 1.29 is 9.63 Å². The lowest BCUT2D eigenvalue weighted by Gasteiger charge is -2.04. The number of nitrogens with one attached hydrogen (secondary N) is 1. The van der Waals surface area contributed by atoms with Gasteiger partial charge in [-0.1, -0.05) is 42.1 Å². The topological polar surface area (TPSA) is 69.0 Å². The second kappa shape index (κ2) is 7.06. The number of hydrogen-bond acceptors (Lipinski definition) is 5. The van der Waals surface area contributed by atoms with Crippen molar-refractivity contribution in [1.82, 2.24) is 20.2 Å². The molecule has 1 N–H and O–H groups in total. The molecule has 1 amide bonds. The zero-order chi connectivity index (χ0) is 14.4. The van der Waals surface area contributed by atoms with Crippen LogP contribution in [-0.4, -0.2) is 33.5 Å². The molecule has 0 fully saturated rings. The molecule has 0 bridgehead atoms. The number of hydroxylamine groups is 1. The molecule has 0 saturated heterocycles. The fourth-order valence-electron chi connectivity index (χ4n) is 1.68. The zero-order valence-electron chi connectivity index (χ0n) is 11.4. The van der Waals surface area contributed by atoms with Crippen LogP contribution in [0.15, 0.2) is 35.5 Å². The first kappa shape index (κ1) is 14.5. The van der Waals surface area contributed by atoms with Crippen molar-refractivity contribution in [2.24, 2.45) is 7.05 Å². The van der Waals surface area contributed by atoms with Crippen LogP contribution in [0.2, 0.25) is 0 Å². The van der Waals surface area contributed by atoms with Gasteiger partial charge in [0.1, 0.15) is 0 Å². The van der Waals surface area contributed by atoms with Crippen molar-refractivity contribution in [3.8, 4) is 11.4 Å². The van der Waals surface area contributed by atoms with Crippen LogP contribution in [0.3, 0.4) is 0 Å². The van der Waals surface area contributed by atoms with Crippen molar-refractivity contribution in [3.63, 3.8) is 0 Å². The Morgan fingerprint density at radius 2 is 2.10 bits per heavy atom. The summed E-state index contributed by atoms with van der Waals surface area (Å²) in [6.45, 7) is 0. The number of amides is 1. The minimum absolute atomic E-state index is 0.148. The Morgan fingerprint density at radius 1 is 1.35 bits per heavy atom. The molecule has 1 heterocycles. The summed E-state index contributed by atoms with van der Waals surface area (Å²) in [6.07, 6.45) is 0.367. The van der Waals surface area contributed by atoms with Gasteiger partial charge in [0, 0.05) is 24.8 Å². The molecular formula is C13H16N4O2S. The Hall–Kier alpha value is -1.86. The monoisotopic (exact) mass is 292 g/mol. The third-order valence-electron chi connectivity index (χ3n) is 2.64. The van der Waals surface area contributed by atoms with E-state index in [0.29, 0.717) is 12.2 Å². The van der Waals surface area contributed by atoms with Crippen molar-refractivity contribution in [3.05, 3.63) is 30.3 Å². The van der Waals surface area contributed by atoms with Gasteiger partial charge in [-0.3, -0.25) is 9.63 Å². The quantitative estimate of drug-likeness (QED) is 0.647. The van der Waals surface area contributed by atoms with Gasteiger partial charge in [-0.15, -0.1) is 10.2 Å². The number of carbonyl (C=O) groups is 1. The first-order valence-electron chi connectivity index (χ1n) is 6.12. The molecule has 0 saturated carbocycles. The Balaban J connectivity index is 1.98. The summed E-state index contributed by atoms with van der Waals surface area (Å²) in [5.41, 5.74) is 3.30. The van der Waals surface area contributed by atoms with Crippen LogP contribution in [0.1, 0.15) is 6.42 Å². The first-order valence-corrected chi connectivity index (χ1v) is 7.10. The van der Waals surface area contributed by atoms with Gasteiger partial charge in [0.2, 0.25) is 5.91 Å². The van der Waals surface area contributed by atoms with Crippen LogP contribution >= 0.6 is 11.8 Å². The van der Waals surface area contributed by atoms with E-state index in [0.717, 1.165) is 16.5 Å². The summed E-state index contributed by atoms with van der Waals surface area (Å²) in [7, 11) is 3.33. The maximum Gasteiger partial charge on any atom is 0.244 e. The predicted molar refractivity (Wildman–Crippen MR) is 76.9 cm³/mol. The van der Waals surface area contributed by atoms with Crippen molar-refractivity contribution in [1.29, 1.82) is 0 Å². The van der Waals surface area contributed by atoms with Crippen LogP contribution in [-0.2, 0) is 16.7 Å². The zero-order valence-corrected chi connectivity index (χ0v) is 12.2. The normalized spacial score (nSPS) is 10.5. The molecular weight excluding hydrogens is 276 g/mol. The van der Waals surface area contributed by atoms with Crippen LogP contribution < -0.4 is 5.48 Å². The molecule has 20 heavy (non-hydrogen) atoms. The molecule has 6 nitrogen and oxygen atoms in total. The molecule has 106 valence electrons. The number of thioether (sulfide) groups is 1. The largest absolute Gasteiger partial charge is 0.305 e. The highest BCUT2D eigenvalue weighted by molar-refractivity contribution is 7.99. The fourth-order valence-corrected chi connectivity index (χ4v) is 2.53. The molecule has 2 aromatic rings. The number of aromatic nitrogens is 3. The number of carbonyl (C=O) groups excluding carboxylic acids is 1. The smallest absolute Gasteiger partial charge is 0.244 e. The second-order valence-corrected chi connectivity index (χ2v) is 5.12. The SMILES string of the molecule is CONC(=O)CCSc1nnc(-c2ccccc2)n1C. The standard InChI is InChI=1S/C13H16N4O2S/c1-17-12(10-6-4-3-5-7-10)14-15-13(17)20-9-8-11(18)16-19-2/h3-7H,8-9H2,1-2H3,(H,16,18). The van der Waals surface area contributed by atoms with Crippen LogP contribution in [0.4, 0.5) is 0 Å². The van der Waals surface area contributed by atoms with E-state index in [2.05, 4.69) is 20.5 Å². The maximum absolute atomic E-state index is 11.3. The highest BCUT2D eigenvalue weighted by Crippen LogP contribution is 2.22. The highest BCUT2D eigenvalue weighted by atomic mass is 32.2. The molecule has 0 atom stereocenters. The number of rotatable bonds is 6. The molecule has 0 aliphatic carbocycles. The van der Waals surface area contributed by atoms with E-state index in [9.17, 15) is 4.79 Å². The fraction of sp³-hybridized carbons (Fsp3) is 0.308. The molecule has 0 aliphatic heterocycles. The lowest BCUT2D eigenvalue weighted by molar-refractivity contribution is -0.130. The van der Waals surface area contributed by atoms with E-state index in [4.69, 9.17) is 0 Å². The van der Waals surface area contributed by atoms with Gasteiger partial charge in [0.15, 0.2) is 11.0 Å². The summed E-state index contributed by atoms with van der Waals surface area (Å²) in [4.78, 5) is 15.8. The van der Waals surface area contributed by atoms with Crippen LogP contribution in [0.25, 0.3) is 11.4 Å². The molecule has 0 radical (unpaired) electrons. The summed E-state index contributed by atoms with van der Waals surface area (Å²) < 4.78 is 1.92. The average molecular weight is 292 g/mol. The molecule has 0 unspecified atom stereocenters. The van der Waals surface area contributed by atoms with E-state index in [1.54, 1.807) is 0 Å². The van der Waals surface area contributed by atoms with Gasteiger partial charge in [-0.05, 0) is 0 Å². The molecule has 7 heteroatoms. The minimum Gasteiger partial charge on any atom is -0.305 e. The third kappa shape index (κ3) is 3.58.